The first kappa shape index (κ1) is 19.4. The van der Waals surface area contributed by atoms with Gasteiger partial charge in [-0.15, -0.1) is 12.4 Å². The van der Waals surface area contributed by atoms with Crippen LogP contribution in [0.3, 0.4) is 0 Å². The summed E-state index contributed by atoms with van der Waals surface area (Å²) >= 11 is 0. The van der Waals surface area contributed by atoms with Gasteiger partial charge in [0.05, 0.1) is 13.1 Å². The van der Waals surface area contributed by atoms with E-state index in [4.69, 9.17) is 5.11 Å². The Balaban J connectivity index is 0.00000400. The Kier molecular flexibility index (Phi) is 9.41. The van der Waals surface area contributed by atoms with E-state index in [2.05, 4.69) is 0 Å². The van der Waals surface area contributed by atoms with Crippen molar-refractivity contribution < 1.29 is 14.7 Å². The van der Waals surface area contributed by atoms with Gasteiger partial charge < -0.3 is 10.0 Å². The van der Waals surface area contributed by atoms with Crippen LogP contribution in [0, 0.1) is 0 Å². The standard InChI is InChI=1S/C15H22N2O3.ClH/c1-3-10-16(12-15(19)20)11-14(18)17(4-2)13-8-6-5-7-9-13;/h5-9H,3-4,10-12H2,1-2H3,(H,19,20);1H. The molecule has 0 heterocycles. The molecule has 5 nitrogen and oxygen atoms in total. The summed E-state index contributed by atoms with van der Waals surface area (Å²) in [6, 6.07) is 9.42. The molecule has 0 radical (unpaired) electrons. The molecule has 0 aliphatic heterocycles. The van der Waals surface area contributed by atoms with Crippen LogP contribution in [0.4, 0.5) is 5.69 Å². The van der Waals surface area contributed by atoms with Crippen molar-refractivity contribution in [1.29, 1.82) is 0 Å². The van der Waals surface area contributed by atoms with Crippen molar-refractivity contribution in [3.05, 3.63) is 30.3 Å². The fraction of sp³-hybridized carbons (Fsp3) is 0.467. The van der Waals surface area contributed by atoms with Gasteiger partial charge in [-0.2, -0.15) is 0 Å². The molecule has 0 unspecified atom stereocenters. The number of hydrogen-bond acceptors (Lipinski definition) is 3. The molecule has 6 heteroatoms. The number of carboxylic acid groups (broad SMARTS) is 1. The van der Waals surface area contributed by atoms with Crippen molar-refractivity contribution in [2.45, 2.75) is 20.3 Å². The van der Waals surface area contributed by atoms with Crippen LogP contribution in [0.15, 0.2) is 30.3 Å². The molecule has 1 aromatic carbocycles. The largest absolute Gasteiger partial charge is 0.480 e. The first-order chi connectivity index (χ1) is 9.58. The Bertz CT molecular complexity index is 440. The minimum atomic E-state index is -0.908. The summed E-state index contributed by atoms with van der Waals surface area (Å²) in [5.41, 5.74) is 0.840. The second-order valence-corrected chi connectivity index (χ2v) is 4.58. The van der Waals surface area contributed by atoms with Crippen LogP contribution in [0.2, 0.25) is 0 Å². The number of carbonyl (C=O) groups is 2. The molecule has 0 spiro atoms. The summed E-state index contributed by atoms with van der Waals surface area (Å²) < 4.78 is 0. The predicted molar refractivity (Wildman–Crippen MR) is 86.1 cm³/mol. The van der Waals surface area contributed by atoms with Gasteiger partial charge in [0.2, 0.25) is 5.91 Å². The SMILES string of the molecule is CCCN(CC(=O)O)CC(=O)N(CC)c1ccccc1.Cl. The maximum absolute atomic E-state index is 12.3. The van der Waals surface area contributed by atoms with Crippen molar-refractivity contribution in [2.24, 2.45) is 0 Å². The van der Waals surface area contributed by atoms with Gasteiger partial charge in [0, 0.05) is 12.2 Å². The number of hydrogen-bond donors (Lipinski definition) is 1. The van der Waals surface area contributed by atoms with Crippen LogP contribution in [0.5, 0.6) is 0 Å². The Morgan fingerprint density at radius 3 is 2.19 bits per heavy atom. The molecule has 0 aromatic heterocycles. The van der Waals surface area contributed by atoms with E-state index in [1.165, 1.54) is 0 Å². The molecule has 0 aliphatic carbocycles. The van der Waals surface area contributed by atoms with Crippen LogP contribution in [-0.4, -0.2) is 48.1 Å². The normalized spacial score (nSPS) is 10.0. The summed E-state index contributed by atoms with van der Waals surface area (Å²) in [4.78, 5) is 26.5. The van der Waals surface area contributed by atoms with Crippen LogP contribution in [-0.2, 0) is 9.59 Å². The second-order valence-electron chi connectivity index (χ2n) is 4.58. The highest BCUT2D eigenvalue weighted by atomic mass is 35.5. The maximum Gasteiger partial charge on any atom is 0.317 e. The highest BCUT2D eigenvalue weighted by Gasteiger charge is 2.18. The lowest BCUT2D eigenvalue weighted by molar-refractivity contribution is -0.138. The van der Waals surface area contributed by atoms with Gasteiger partial charge in [-0.25, -0.2) is 0 Å². The maximum atomic E-state index is 12.3. The van der Waals surface area contributed by atoms with Crippen molar-refractivity contribution in [3.63, 3.8) is 0 Å². The lowest BCUT2D eigenvalue weighted by Crippen LogP contribution is -2.42. The monoisotopic (exact) mass is 314 g/mol. The topological polar surface area (TPSA) is 60.9 Å². The van der Waals surface area contributed by atoms with Crippen LogP contribution in [0.1, 0.15) is 20.3 Å². The molecule has 1 amide bonds. The summed E-state index contributed by atoms with van der Waals surface area (Å²) in [5.74, 6) is -0.984. The Hall–Kier alpha value is -1.59. The summed E-state index contributed by atoms with van der Waals surface area (Å²) in [6.07, 6.45) is 0.817. The van der Waals surface area contributed by atoms with E-state index in [9.17, 15) is 9.59 Å². The number of anilines is 1. The van der Waals surface area contributed by atoms with Gasteiger partial charge in [0.15, 0.2) is 0 Å². The Morgan fingerprint density at radius 2 is 1.71 bits per heavy atom. The zero-order valence-corrected chi connectivity index (χ0v) is 13.3. The number of carboxylic acids is 1. The minimum absolute atomic E-state index is 0. The molecule has 0 fully saturated rings. The fourth-order valence-electron chi connectivity index (χ4n) is 2.11. The lowest BCUT2D eigenvalue weighted by Gasteiger charge is -2.25. The molecular formula is C15H23ClN2O3. The number of rotatable bonds is 8. The van der Waals surface area contributed by atoms with Crippen molar-refractivity contribution in [3.8, 4) is 0 Å². The molecule has 0 saturated carbocycles. The quantitative estimate of drug-likeness (QED) is 0.799. The van der Waals surface area contributed by atoms with Gasteiger partial charge in [-0.1, -0.05) is 25.1 Å². The van der Waals surface area contributed by atoms with Crippen molar-refractivity contribution >= 4 is 30.0 Å². The highest BCUT2D eigenvalue weighted by molar-refractivity contribution is 5.94. The molecule has 0 aliphatic rings. The molecule has 1 N–H and O–H groups in total. The summed E-state index contributed by atoms with van der Waals surface area (Å²) in [7, 11) is 0. The van der Waals surface area contributed by atoms with Crippen LogP contribution in [0.25, 0.3) is 0 Å². The number of para-hydroxylation sites is 1. The van der Waals surface area contributed by atoms with Gasteiger partial charge in [-0.3, -0.25) is 14.5 Å². The average molecular weight is 315 g/mol. The number of likely N-dealkylation sites (N-methyl/N-ethyl adjacent to an activating group) is 1. The third kappa shape index (κ3) is 6.60. The molecule has 1 rings (SSSR count). The number of aliphatic carboxylic acids is 1. The summed E-state index contributed by atoms with van der Waals surface area (Å²) in [6.45, 7) is 5.06. The molecule has 118 valence electrons. The van der Waals surface area contributed by atoms with Crippen molar-refractivity contribution in [1.82, 2.24) is 4.90 Å². The number of amides is 1. The van der Waals surface area contributed by atoms with E-state index >= 15 is 0 Å². The first-order valence-electron chi connectivity index (χ1n) is 6.88. The van der Waals surface area contributed by atoms with E-state index in [-0.39, 0.29) is 31.4 Å². The van der Waals surface area contributed by atoms with Gasteiger partial charge in [0.1, 0.15) is 0 Å². The van der Waals surface area contributed by atoms with E-state index in [1.54, 1.807) is 9.80 Å². The molecule has 0 bridgehead atoms. The number of halogens is 1. The predicted octanol–water partition coefficient (Wildman–Crippen LogP) is 2.26. The van der Waals surface area contributed by atoms with E-state index in [0.29, 0.717) is 13.1 Å². The van der Waals surface area contributed by atoms with Gasteiger partial charge >= 0.3 is 5.97 Å². The molecule has 0 atom stereocenters. The molecule has 0 saturated heterocycles. The van der Waals surface area contributed by atoms with E-state index in [1.807, 2.05) is 44.2 Å². The molecule has 21 heavy (non-hydrogen) atoms. The van der Waals surface area contributed by atoms with Crippen molar-refractivity contribution in [2.75, 3.05) is 31.1 Å². The number of carbonyl (C=O) groups excluding carboxylic acids is 1. The zero-order chi connectivity index (χ0) is 15.0. The van der Waals surface area contributed by atoms with E-state index < -0.39 is 5.97 Å². The van der Waals surface area contributed by atoms with Gasteiger partial charge in [-0.05, 0) is 32.0 Å². The third-order valence-corrected chi connectivity index (χ3v) is 2.94. The van der Waals surface area contributed by atoms with Gasteiger partial charge in [0.25, 0.3) is 0 Å². The molecule has 1 aromatic rings. The number of benzene rings is 1. The molecular weight excluding hydrogens is 292 g/mol. The lowest BCUT2D eigenvalue weighted by atomic mass is 10.2. The Labute approximate surface area is 132 Å². The fourth-order valence-corrected chi connectivity index (χ4v) is 2.11. The zero-order valence-electron chi connectivity index (χ0n) is 12.5. The second kappa shape index (κ2) is 10.2. The smallest absolute Gasteiger partial charge is 0.317 e. The average Bonchev–Trinajstić information content (AvgIpc) is 2.40. The minimum Gasteiger partial charge on any atom is -0.480 e. The van der Waals surface area contributed by atoms with Crippen LogP contribution >= 0.6 is 12.4 Å². The third-order valence-electron chi connectivity index (χ3n) is 2.94. The first-order valence-corrected chi connectivity index (χ1v) is 6.88. The number of nitrogens with zero attached hydrogens (tertiary/aromatic N) is 2. The Morgan fingerprint density at radius 1 is 1.10 bits per heavy atom. The van der Waals surface area contributed by atoms with Crippen LogP contribution < -0.4 is 4.90 Å². The highest BCUT2D eigenvalue weighted by Crippen LogP contribution is 2.13. The summed E-state index contributed by atoms with van der Waals surface area (Å²) in [5, 5.41) is 8.87. The van der Waals surface area contributed by atoms with E-state index in [0.717, 1.165) is 12.1 Å².